The van der Waals surface area contributed by atoms with E-state index >= 15 is 0 Å². The molecule has 0 aliphatic carbocycles. The number of hydrogen-bond donors (Lipinski definition) is 1. The Labute approximate surface area is 69.5 Å². The molecule has 1 heterocycles. The summed E-state index contributed by atoms with van der Waals surface area (Å²) in [6, 6.07) is 1.55. The van der Waals surface area contributed by atoms with Crippen LogP contribution in [0.1, 0.15) is 17.4 Å². The summed E-state index contributed by atoms with van der Waals surface area (Å²) in [6.45, 7) is 2.27. The van der Waals surface area contributed by atoms with Gasteiger partial charge in [0.1, 0.15) is 0 Å². The van der Waals surface area contributed by atoms with Crippen molar-refractivity contribution in [3.8, 4) is 5.75 Å². The molecule has 0 fully saturated rings. The number of rotatable bonds is 3. The summed E-state index contributed by atoms with van der Waals surface area (Å²) in [5.74, 6) is -0.258. The van der Waals surface area contributed by atoms with E-state index in [2.05, 4.69) is 10.2 Å². The number of nitrogens with two attached hydrogens (primary N) is 1. The number of primary amides is 1. The topological polar surface area (TPSA) is 78.1 Å². The van der Waals surface area contributed by atoms with Crippen molar-refractivity contribution in [2.24, 2.45) is 5.73 Å². The zero-order valence-electron chi connectivity index (χ0n) is 6.65. The highest BCUT2D eigenvalue weighted by molar-refractivity contribution is 5.93. The second kappa shape index (κ2) is 3.66. The van der Waals surface area contributed by atoms with Crippen LogP contribution in [0.25, 0.3) is 0 Å². The summed E-state index contributed by atoms with van der Waals surface area (Å²) in [6.07, 6.45) is 1.44. The third-order valence-electron chi connectivity index (χ3n) is 1.22. The summed E-state index contributed by atoms with van der Waals surface area (Å²) in [4.78, 5) is 10.7. The molecule has 0 atom stereocenters. The quantitative estimate of drug-likeness (QED) is 0.685. The van der Waals surface area contributed by atoms with Gasteiger partial charge in [-0.2, -0.15) is 5.10 Å². The minimum Gasteiger partial charge on any atom is -0.491 e. The molecule has 0 unspecified atom stereocenters. The maximum absolute atomic E-state index is 10.7. The molecule has 5 heteroatoms. The standard InChI is InChI=1S/C7H9N3O2/c1-2-12-5-3-4-9-10-6(5)7(8)11/h3-4H,2H2,1H3,(H2,8,11). The van der Waals surface area contributed by atoms with E-state index in [4.69, 9.17) is 10.5 Å². The van der Waals surface area contributed by atoms with Gasteiger partial charge in [-0.15, -0.1) is 5.10 Å². The molecular weight excluding hydrogens is 158 g/mol. The van der Waals surface area contributed by atoms with Crippen LogP contribution >= 0.6 is 0 Å². The van der Waals surface area contributed by atoms with Crippen LogP contribution in [-0.2, 0) is 0 Å². The van der Waals surface area contributed by atoms with Gasteiger partial charge in [0.2, 0.25) is 0 Å². The minimum atomic E-state index is -0.633. The zero-order chi connectivity index (χ0) is 8.97. The molecule has 1 amide bonds. The molecule has 0 bridgehead atoms. The Morgan fingerprint density at radius 3 is 3.08 bits per heavy atom. The first-order chi connectivity index (χ1) is 5.75. The van der Waals surface area contributed by atoms with Gasteiger partial charge in [0.05, 0.1) is 12.8 Å². The number of aromatic nitrogens is 2. The van der Waals surface area contributed by atoms with Gasteiger partial charge in [-0.25, -0.2) is 0 Å². The molecule has 1 rings (SSSR count). The van der Waals surface area contributed by atoms with E-state index in [9.17, 15) is 4.79 Å². The fourth-order valence-electron chi connectivity index (χ4n) is 0.763. The van der Waals surface area contributed by atoms with Crippen molar-refractivity contribution in [2.75, 3.05) is 6.61 Å². The molecule has 0 saturated carbocycles. The highest BCUT2D eigenvalue weighted by atomic mass is 16.5. The summed E-state index contributed by atoms with van der Waals surface area (Å²) in [7, 11) is 0. The average Bonchev–Trinajstić information content (AvgIpc) is 2.05. The van der Waals surface area contributed by atoms with E-state index in [-0.39, 0.29) is 5.69 Å². The first-order valence-corrected chi connectivity index (χ1v) is 3.50. The van der Waals surface area contributed by atoms with Crippen LogP contribution in [0.2, 0.25) is 0 Å². The highest BCUT2D eigenvalue weighted by Crippen LogP contribution is 2.12. The van der Waals surface area contributed by atoms with Crippen molar-refractivity contribution >= 4 is 5.91 Å². The van der Waals surface area contributed by atoms with Crippen molar-refractivity contribution in [3.63, 3.8) is 0 Å². The van der Waals surface area contributed by atoms with Crippen LogP contribution in [0, 0.1) is 0 Å². The van der Waals surface area contributed by atoms with Crippen molar-refractivity contribution < 1.29 is 9.53 Å². The molecule has 1 aromatic rings. The lowest BCUT2D eigenvalue weighted by atomic mass is 10.3. The maximum Gasteiger partial charge on any atom is 0.273 e. The average molecular weight is 167 g/mol. The van der Waals surface area contributed by atoms with Crippen LogP contribution in [0.5, 0.6) is 5.75 Å². The van der Waals surface area contributed by atoms with Crippen LogP contribution in [0.15, 0.2) is 12.3 Å². The van der Waals surface area contributed by atoms with E-state index in [1.807, 2.05) is 6.92 Å². The van der Waals surface area contributed by atoms with Crippen molar-refractivity contribution in [1.29, 1.82) is 0 Å². The monoisotopic (exact) mass is 167 g/mol. The largest absolute Gasteiger partial charge is 0.491 e. The molecular formula is C7H9N3O2. The first-order valence-electron chi connectivity index (χ1n) is 3.50. The number of amides is 1. The Kier molecular flexibility index (Phi) is 2.57. The third-order valence-corrected chi connectivity index (χ3v) is 1.22. The van der Waals surface area contributed by atoms with Gasteiger partial charge >= 0.3 is 0 Å². The first kappa shape index (κ1) is 8.45. The van der Waals surface area contributed by atoms with E-state index < -0.39 is 5.91 Å². The van der Waals surface area contributed by atoms with E-state index in [1.165, 1.54) is 6.20 Å². The van der Waals surface area contributed by atoms with Crippen LogP contribution < -0.4 is 10.5 Å². The predicted molar refractivity (Wildman–Crippen MR) is 41.7 cm³/mol. The molecule has 0 aromatic carbocycles. The van der Waals surface area contributed by atoms with Gasteiger partial charge in [-0.3, -0.25) is 4.79 Å². The number of carbonyl (C=O) groups excluding carboxylic acids is 1. The molecule has 0 spiro atoms. The second-order valence-electron chi connectivity index (χ2n) is 2.04. The van der Waals surface area contributed by atoms with E-state index in [0.29, 0.717) is 12.4 Å². The number of ether oxygens (including phenoxy) is 1. The molecule has 1 aromatic heterocycles. The van der Waals surface area contributed by atoms with Crippen molar-refractivity contribution in [1.82, 2.24) is 10.2 Å². The summed E-state index contributed by atoms with van der Waals surface area (Å²) in [5.41, 5.74) is 5.09. The summed E-state index contributed by atoms with van der Waals surface area (Å²) < 4.78 is 5.09. The van der Waals surface area contributed by atoms with Gasteiger partial charge < -0.3 is 10.5 Å². The van der Waals surface area contributed by atoms with E-state index in [0.717, 1.165) is 0 Å². The minimum absolute atomic E-state index is 0.0688. The lowest BCUT2D eigenvalue weighted by molar-refractivity contribution is 0.0990. The van der Waals surface area contributed by atoms with Gasteiger partial charge in [-0.1, -0.05) is 0 Å². The highest BCUT2D eigenvalue weighted by Gasteiger charge is 2.09. The molecule has 5 nitrogen and oxygen atoms in total. The SMILES string of the molecule is CCOc1ccnnc1C(N)=O. The Balaban J connectivity index is 3.00. The molecule has 12 heavy (non-hydrogen) atoms. The van der Waals surface area contributed by atoms with E-state index in [1.54, 1.807) is 6.07 Å². The van der Waals surface area contributed by atoms with Gasteiger partial charge in [-0.05, 0) is 6.92 Å². The van der Waals surface area contributed by atoms with Crippen molar-refractivity contribution in [3.05, 3.63) is 18.0 Å². The van der Waals surface area contributed by atoms with Gasteiger partial charge in [0.25, 0.3) is 5.91 Å². The van der Waals surface area contributed by atoms with Crippen LogP contribution in [-0.4, -0.2) is 22.7 Å². The Morgan fingerprint density at radius 1 is 1.75 bits per heavy atom. The Bertz CT molecular complexity index is 288. The van der Waals surface area contributed by atoms with Crippen LogP contribution in [0.3, 0.4) is 0 Å². The van der Waals surface area contributed by atoms with Crippen LogP contribution in [0.4, 0.5) is 0 Å². The molecule has 0 radical (unpaired) electrons. The molecule has 2 N–H and O–H groups in total. The maximum atomic E-state index is 10.7. The molecule has 0 saturated heterocycles. The fraction of sp³-hybridized carbons (Fsp3) is 0.286. The normalized spacial score (nSPS) is 9.42. The summed E-state index contributed by atoms with van der Waals surface area (Å²) >= 11 is 0. The van der Waals surface area contributed by atoms with Gasteiger partial charge in [0, 0.05) is 6.07 Å². The third kappa shape index (κ3) is 1.69. The number of carbonyl (C=O) groups is 1. The Morgan fingerprint density at radius 2 is 2.50 bits per heavy atom. The second-order valence-corrected chi connectivity index (χ2v) is 2.04. The number of hydrogen-bond acceptors (Lipinski definition) is 4. The lowest BCUT2D eigenvalue weighted by Gasteiger charge is -2.03. The molecule has 0 aliphatic heterocycles. The summed E-state index contributed by atoms with van der Waals surface area (Å²) in [5, 5.41) is 7.07. The zero-order valence-corrected chi connectivity index (χ0v) is 6.65. The molecule has 64 valence electrons. The van der Waals surface area contributed by atoms with Crippen molar-refractivity contribution in [2.45, 2.75) is 6.92 Å². The Hall–Kier alpha value is -1.65. The molecule has 0 aliphatic rings. The number of nitrogens with zero attached hydrogens (tertiary/aromatic N) is 2. The fourth-order valence-corrected chi connectivity index (χ4v) is 0.763. The lowest BCUT2D eigenvalue weighted by Crippen LogP contribution is -2.15. The smallest absolute Gasteiger partial charge is 0.273 e. The predicted octanol–water partition coefficient (Wildman–Crippen LogP) is -0.0258. The van der Waals surface area contributed by atoms with Gasteiger partial charge in [0.15, 0.2) is 11.4 Å².